The van der Waals surface area contributed by atoms with E-state index in [1.165, 1.54) is 12.1 Å². The number of hydrogen-bond acceptors (Lipinski definition) is 2. The van der Waals surface area contributed by atoms with Crippen LogP contribution >= 0.6 is 11.6 Å². The summed E-state index contributed by atoms with van der Waals surface area (Å²) in [4.78, 5) is 11.9. The summed E-state index contributed by atoms with van der Waals surface area (Å²) < 4.78 is 12.9. The topological polar surface area (TPSA) is 55.1 Å². The molecule has 0 fully saturated rings. The van der Waals surface area contributed by atoms with Gasteiger partial charge < -0.3 is 11.1 Å². The molecule has 18 heavy (non-hydrogen) atoms. The van der Waals surface area contributed by atoms with Crippen LogP contribution in [0.15, 0.2) is 18.2 Å². The monoisotopic (exact) mass is 272 g/mol. The predicted molar refractivity (Wildman–Crippen MR) is 71.2 cm³/mol. The molecule has 0 radical (unpaired) electrons. The molecule has 0 bridgehead atoms. The van der Waals surface area contributed by atoms with Gasteiger partial charge in [-0.3, -0.25) is 4.79 Å². The van der Waals surface area contributed by atoms with Crippen molar-refractivity contribution in [3.63, 3.8) is 0 Å². The van der Waals surface area contributed by atoms with Crippen LogP contribution < -0.4 is 11.1 Å². The molecule has 1 amide bonds. The van der Waals surface area contributed by atoms with Crippen LogP contribution in [-0.4, -0.2) is 18.5 Å². The number of halogens is 2. The third kappa shape index (κ3) is 4.27. The molecule has 0 saturated heterocycles. The van der Waals surface area contributed by atoms with Gasteiger partial charge in [0.05, 0.1) is 10.6 Å². The highest BCUT2D eigenvalue weighted by Gasteiger charge is 2.15. The molecule has 0 heterocycles. The van der Waals surface area contributed by atoms with Crippen LogP contribution in [0, 0.1) is 5.82 Å². The number of nitrogens with two attached hydrogens (primary N) is 1. The van der Waals surface area contributed by atoms with Gasteiger partial charge in [-0.2, -0.15) is 0 Å². The van der Waals surface area contributed by atoms with E-state index in [4.69, 9.17) is 17.3 Å². The van der Waals surface area contributed by atoms with E-state index in [1.54, 1.807) is 0 Å². The van der Waals surface area contributed by atoms with Crippen LogP contribution in [0.4, 0.5) is 4.39 Å². The Balaban J connectivity index is 2.68. The average Bonchev–Trinajstić information content (AvgIpc) is 2.34. The number of unbranched alkanes of at least 4 members (excludes halogenated alkanes) is 1. The maximum Gasteiger partial charge on any atom is 0.253 e. The number of rotatable bonds is 6. The Morgan fingerprint density at radius 1 is 1.56 bits per heavy atom. The summed E-state index contributed by atoms with van der Waals surface area (Å²) in [5.41, 5.74) is 5.87. The lowest BCUT2D eigenvalue weighted by atomic mass is 10.1. The second kappa shape index (κ2) is 7.34. The normalized spacial score (nSPS) is 12.2. The molecule has 1 aromatic carbocycles. The predicted octanol–water partition coefficient (Wildman–Crippen LogP) is 2.73. The highest BCUT2D eigenvalue weighted by Crippen LogP contribution is 2.17. The molecule has 3 N–H and O–H groups in total. The number of amides is 1. The minimum atomic E-state index is -0.460. The molecule has 0 saturated carbocycles. The zero-order valence-electron chi connectivity index (χ0n) is 10.4. The van der Waals surface area contributed by atoms with Crippen LogP contribution in [0.3, 0.4) is 0 Å². The third-order valence-electron chi connectivity index (χ3n) is 2.70. The summed E-state index contributed by atoms with van der Waals surface area (Å²) in [5.74, 6) is -0.774. The second-order valence-electron chi connectivity index (χ2n) is 4.17. The summed E-state index contributed by atoms with van der Waals surface area (Å²) in [6.45, 7) is 2.46. The Hall–Kier alpha value is -1.13. The van der Waals surface area contributed by atoms with Crippen molar-refractivity contribution < 1.29 is 9.18 Å². The molecule has 0 spiro atoms. The van der Waals surface area contributed by atoms with E-state index >= 15 is 0 Å². The van der Waals surface area contributed by atoms with E-state index in [9.17, 15) is 9.18 Å². The minimum Gasteiger partial charge on any atom is -0.348 e. The highest BCUT2D eigenvalue weighted by atomic mass is 35.5. The van der Waals surface area contributed by atoms with Gasteiger partial charge in [0, 0.05) is 12.6 Å². The number of nitrogens with one attached hydrogen (secondary N) is 1. The van der Waals surface area contributed by atoms with Crippen molar-refractivity contribution >= 4 is 17.5 Å². The number of carbonyl (C=O) groups excluding carboxylic acids is 1. The first-order chi connectivity index (χ1) is 8.58. The molecule has 1 unspecified atom stereocenters. The standard InChI is InChI=1S/C13H18ClFN2O/c1-2-3-4-10(8-16)17-13(18)11-6-5-9(15)7-12(11)14/h5-7,10H,2-4,8,16H2,1H3,(H,17,18). The van der Waals surface area contributed by atoms with Gasteiger partial charge in [-0.1, -0.05) is 31.4 Å². The van der Waals surface area contributed by atoms with E-state index in [2.05, 4.69) is 12.2 Å². The zero-order valence-corrected chi connectivity index (χ0v) is 11.1. The molecular weight excluding hydrogens is 255 g/mol. The third-order valence-corrected chi connectivity index (χ3v) is 3.01. The number of hydrogen-bond donors (Lipinski definition) is 2. The molecular formula is C13H18ClFN2O. The fraction of sp³-hybridized carbons (Fsp3) is 0.462. The summed E-state index contributed by atoms with van der Waals surface area (Å²) >= 11 is 5.82. The first-order valence-corrected chi connectivity index (χ1v) is 6.42. The van der Waals surface area contributed by atoms with Crippen LogP contribution in [0.1, 0.15) is 36.5 Å². The van der Waals surface area contributed by atoms with Gasteiger partial charge in [0.2, 0.25) is 0 Å². The largest absolute Gasteiger partial charge is 0.348 e. The Bertz CT molecular complexity index is 412. The first-order valence-electron chi connectivity index (χ1n) is 6.04. The van der Waals surface area contributed by atoms with Crippen molar-refractivity contribution in [3.05, 3.63) is 34.6 Å². The minimum absolute atomic E-state index is 0.0708. The summed E-state index contributed by atoms with van der Waals surface area (Å²) in [5, 5.41) is 2.92. The second-order valence-corrected chi connectivity index (χ2v) is 4.58. The molecule has 1 aromatic rings. The van der Waals surface area contributed by atoms with Gasteiger partial charge in [-0.05, 0) is 24.6 Å². The van der Waals surface area contributed by atoms with Gasteiger partial charge >= 0.3 is 0 Å². The lowest BCUT2D eigenvalue weighted by Crippen LogP contribution is -2.40. The Morgan fingerprint density at radius 3 is 2.83 bits per heavy atom. The van der Waals surface area contributed by atoms with E-state index in [0.717, 1.165) is 25.3 Å². The lowest BCUT2D eigenvalue weighted by molar-refractivity contribution is 0.0936. The smallest absolute Gasteiger partial charge is 0.253 e. The van der Waals surface area contributed by atoms with Gasteiger partial charge in [0.25, 0.3) is 5.91 Å². The molecule has 0 aromatic heterocycles. The molecule has 0 aliphatic rings. The fourth-order valence-electron chi connectivity index (χ4n) is 1.64. The quantitative estimate of drug-likeness (QED) is 0.837. The van der Waals surface area contributed by atoms with E-state index in [1.807, 2.05) is 0 Å². The van der Waals surface area contributed by atoms with Gasteiger partial charge in [-0.15, -0.1) is 0 Å². The Labute approximate surface area is 112 Å². The number of benzene rings is 1. The zero-order chi connectivity index (χ0) is 13.5. The van der Waals surface area contributed by atoms with Crippen molar-refractivity contribution in [2.24, 2.45) is 5.73 Å². The summed E-state index contributed by atoms with van der Waals surface area (Å²) in [7, 11) is 0. The fourth-order valence-corrected chi connectivity index (χ4v) is 1.89. The molecule has 3 nitrogen and oxygen atoms in total. The molecule has 0 aliphatic carbocycles. The summed E-state index contributed by atoms with van der Waals surface area (Å²) in [6.07, 6.45) is 2.88. The van der Waals surface area contributed by atoms with Gasteiger partial charge in [0.1, 0.15) is 5.82 Å². The van der Waals surface area contributed by atoms with Crippen molar-refractivity contribution in [1.29, 1.82) is 0 Å². The maximum atomic E-state index is 12.9. The Kier molecular flexibility index (Phi) is 6.09. The van der Waals surface area contributed by atoms with Gasteiger partial charge in [-0.25, -0.2) is 4.39 Å². The van der Waals surface area contributed by atoms with Crippen LogP contribution in [-0.2, 0) is 0 Å². The molecule has 1 atom stereocenters. The van der Waals surface area contributed by atoms with Crippen molar-refractivity contribution in [2.45, 2.75) is 32.2 Å². The SMILES string of the molecule is CCCCC(CN)NC(=O)c1ccc(F)cc1Cl. The lowest BCUT2D eigenvalue weighted by Gasteiger charge is -2.16. The highest BCUT2D eigenvalue weighted by molar-refractivity contribution is 6.33. The van der Waals surface area contributed by atoms with E-state index in [-0.39, 0.29) is 22.5 Å². The van der Waals surface area contributed by atoms with Crippen LogP contribution in [0.2, 0.25) is 5.02 Å². The van der Waals surface area contributed by atoms with E-state index in [0.29, 0.717) is 6.54 Å². The molecule has 5 heteroatoms. The maximum absolute atomic E-state index is 12.9. The van der Waals surface area contributed by atoms with Crippen LogP contribution in [0.5, 0.6) is 0 Å². The Morgan fingerprint density at radius 2 is 2.28 bits per heavy atom. The van der Waals surface area contributed by atoms with Crippen molar-refractivity contribution in [1.82, 2.24) is 5.32 Å². The summed E-state index contributed by atoms with van der Waals surface area (Å²) in [6, 6.07) is 3.64. The van der Waals surface area contributed by atoms with E-state index < -0.39 is 5.82 Å². The molecule has 0 aliphatic heterocycles. The van der Waals surface area contributed by atoms with Gasteiger partial charge in [0.15, 0.2) is 0 Å². The van der Waals surface area contributed by atoms with Crippen molar-refractivity contribution in [2.75, 3.05) is 6.54 Å². The molecule has 1 rings (SSSR count). The van der Waals surface area contributed by atoms with Crippen molar-refractivity contribution in [3.8, 4) is 0 Å². The average molecular weight is 273 g/mol. The first kappa shape index (κ1) is 14.9. The number of carbonyl (C=O) groups is 1. The van der Waals surface area contributed by atoms with Crippen LogP contribution in [0.25, 0.3) is 0 Å². The molecule has 100 valence electrons.